The number of anilines is 1. The van der Waals surface area contributed by atoms with E-state index in [2.05, 4.69) is 15.5 Å². The number of aryl methyl sites for hydroxylation is 1. The predicted molar refractivity (Wildman–Crippen MR) is 78.8 cm³/mol. The molecular formula is C15H21N3O2. The molecule has 1 aromatic rings. The van der Waals surface area contributed by atoms with Crippen molar-refractivity contribution in [3.63, 3.8) is 0 Å². The summed E-state index contributed by atoms with van der Waals surface area (Å²) in [7, 11) is 0. The molecular weight excluding hydrogens is 254 g/mol. The van der Waals surface area contributed by atoms with Gasteiger partial charge in [0.1, 0.15) is 6.29 Å². The van der Waals surface area contributed by atoms with Crippen molar-refractivity contribution in [2.75, 3.05) is 38.0 Å². The van der Waals surface area contributed by atoms with Crippen molar-refractivity contribution in [3.8, 4) is 0 Å². The highest BCUT2D eigenvalue weighted by atomic mass is 16.2. The molecule has 0 spiro atoms. The van der Waals surface area contributed by atoms with Gasteiger partial charge < -0.3 is 15.4 Å². The highest BCUT2D eigenvalue weighted by Gasteiger charge is 2.13. The van der Waals surface area contributed by atoms with E-state index in [4.69, 9.17) is 0 Å². The third kappa shape index (κ3) is 4.75. The van der Waals surface area contributed by atoms with Crippen molar-refractivity contribution in [1.82, 2.24) is 10.2 Å². The Labute approximate surface area is 119 Å². The fourth-order valence-electron chi connectivity index (χ4n) is 2.25. The second kappa shape index (κ2) is 7.77. The van der Waals surface area contributed by atoms with Crippen molar-refractivity contribution in [3.05, 3.63) is 29.8 Å². The Kier molecular flexibility index (Phi) is 5.70. The Hall–Kier alpha value is -1.72. The third-order valence-electron chi connectivity index (χ3n) is 3.37. The normalized spacial score (nSPS) is 15.8. The zero-order valence-electron chi connectivity index (χ0n) is 11.6. The average molecular weight is 275 g/mol. The maximum Gasteiger partial charge on any atom is 0.238 e. The van der Waals surface area contributed by atoms with Crippen LogP contribution in [-0.2, 0) is 16.0 Å². The maximum atomic E-state index is 11.9. The number of hydrogen-bond donors (Lipinski definition) is 2. The van der Waals surface area contributed by atoms with Gasteiger partial charge in [-0.1, -0.05) is 12.1 Å². The number of benzene rings is 1. The number of hydrogen-bond acceptors (Lipinski definition) is 4. The Morgan fingerprint density at radius 2 is 1.95 bits per heavy atom. The van der Waals surface area contributed by atoms with Gasteiger partial charge in [0.05, 0.1) is 6.54 Å². The molecule has 5 heteroatoms. The Morgan fingerprint density at radius 3 is 2.60 bits per heavy atom. The smallest absolute Gasteiger partial charge is 0.238 e. The fraction of sp³-hybridized carbons (Fsp3) is 0.467. The van der Waals surface area contributed by atoms with E-state index in [1.54, 1.807) is 0 Å². The zero-order chi connectivity index (χ0) is 14.2. The van der Waals surface area contributed by atoms with Crippen LogP contribution in [0.2, 0.25) is 0 Å². The molecule has 1 fully saturated rings. The summed E-state index contributed by atoms with van der Waals surface area (Å²) >= 11 is 0. The molecule has 1 saturated heterocycles. The predicted octanol–water partition coefficient (Wildman–Crippen LogP) is 0.662. The van der Waals surface area contributed by atoms with Crippen molar-refractivity contribution >= 4 is 17.9 Å². The molecule has 1 amide bonds. The molecule has 5 nitrogen and oxygen atoms in total. The summed E-state index contributed by atoms with van der Waals surface area (Å²) in [5.74, 6) is 0.0209. The van der Waals surface area contributed by atoms with Gasteiger partial charge in [-0.2, -0.15) is 0 Å². The van der Waals surface area contributed by atoms with Gasteiger partial charge in [-0.05, 0) is 24.1 Å². The van der Waals surface area contributed by atoms with E-state index >= 15 is 0 Å². The van der Waals surface area contributed by atoms with E-state index in [1.165, 1.54) is 0 Å². The molecule has 0 atom stereocenters. The quantitative estimate of drug-likeness (QED) is 0.749. The van der Waals surface area contributed by atoms with Gasteiger partial charge >= 0.3 is 0 Å². The molecule has 20 heavy (non-hydrogen) atoms. The van der Waals surface area contributed by atoms with Crippen LogP contribution in [0.15, 0.2) is 24.3 Å². The van der Waals surface area contributed by atoms with Crippen LogP contribution in [-0.4, -0.2) is 49.8 Å². The van der Waals surface area contributed by atoms with Crippen LogP contribution in [0.1, 0.15) is 12.0 Å². The van der Waals surface area contributed by atoms with Gasteiger partial charge in [0.15, 0.2) is 0 Å². The monoisotopic (exact) mass is 275 g/mol. The molecule has 1 heterocycles. The summed E-state index contributed by atoms with van der Waals surface area (Å²) in [6.07, 6.45) is 2.20. The number of rotatable bonds is 6. The number of piperazine rings is 1. The van der Waals surface area contributed by atoms with Crippen LogP contribution >= 0.6 is 0 Å². The van der Waals surface area contributed by atoms with Crippen LogP contribution in [0.25, 0.3) is 0 Å². The van der Waals surface area contributed by atoms with Gasteiger partial charge in [-0.3, -0.25) is 9.69 Å². The summed E-state index contributed by atoms with van der Waals surface area (Å²) in [5, 5.41) is 6.16. The third-order valence-corrected chi connectivity index (χ3v) is 3.37. The maximum absolute atomic E-state index is 11.9. The molecule has 2 N–H and O–H groups in total. The molecule has 0 radical (unpaired) electrons. The van der Waals surface area contributed by atoms with Gasteiger partial charge in [-0.25, -0.2) is 0 Å². The van der Waals surface area contributed by atoms with Gasteiger partial charge in [0, 0.05) is 38.3 Å². The lowest BCUT2D eigenvalue weighted by Gasteiger charge is -2.26. The van der Waals surface area contributed by atoms with Gasteiger partial charge in [0.25, 0.3) is 0 Å². The van der Waals surface area contributed by atoms with Crippen LogP contribution < -0.4 is 10.6 Å². The highest BCUT2D eigenvalue weighted by Crippen LogP contribution is 2.11. The van der Waals surface area contributed by atoms with Crippen LogP contribution in [0, 0.1) is 0 Å². The molecule has 0 saturated carbocycles. The minimum absolute atomic E-state index is 0.0209. The number of aldehydes is 1. The number of carbonyl (C=O) groups is 2. The van der Waals surface area contributed by atoms with E-state index in [0.29, 0.717) is 13.0 Å². The second-order valence-corrected chi connectivity index (χ2v) is 4.98. The lowest BCUT2D eigenvalue weighted by atomic mass is 10.1. The first-order valence-corrected chi connectivity index (χ1v) is 7.03. The molecule has 108 valence electrons. The van der Waals surface area contributed by atoms with E-state index in [0.717, 1.165) is 50.1 Å². The summed E-state index contributed by atoms with van der Waals surface area (Å²) < 4.78 is 0. The van der Waals surface area contributed by atoms with E-state index in [1.807, 2.05) is 24.3 Å². The first-order valence-electron chi connectivity index (χ1n) is 7.03. The number of nitrogens with zero attached hydrogens (tertiary/aromatic N) is 1. The molecule has 0 unspecified atom stereocenters. The van der Waals surface area contributed by atoms with Crippen LogP contribution in [0.3, 0.4) is 0 Å². The van der Waals surface area contributed by atoms with Crippen molar-refractivity contribution in [2.24, 2.45) is 0 Å². The minimum atomic E-state index is 0.0209. The first-order chi connectivity index (χ1) is 9.78. The largest absolute Gasteiger partial charge is 0.325 e. The van der Waals surface area contributed by atoms with Crippen molar-refractivity contribution < 1.29 is 9.59 Å². The summed E-state index contributed by atoms with van der Waals surface area (Å²) in [6.45, 7) is 4.15. The van der Waals surface area contributed by atoms with Crippen molar-refractivity contribution in [1.29, 1.82) is 0 Å². The Balaban J connectivity index is 1.79. The van der Waals surface area contributed by atoms with Crippen LogP contribution in [0.4, 0.5) is 5.69 Å². The minimum Gasteiger partial charge on any atom is -0.325 e. The summed E-state index contributed by atoms with van der Waals surface area (Å²) in [6, 6.07) is 7.67. The molecule has 2 rings (SSSR count). The van der Waals surface area contributed by atoms with Gasteiger partial charge in [0.2, 0.25) is 5.91 Å². The van der Waals surface area contributed by atoms with E-state index < -0.39 is 0 Å². The number of nitrogens with one attached hydrogen (secondary N) is 2. The zero-order valence-corrected chi connectivity index (χ0v) is 11.6. The molecule has 1 aliphatic heterocycles. The molecule has 1 aromatic carbocycles. The van der Waals surface area contributed by atoms with E-state index in [9.17, 15) is 9.59 Å². The Morgan fingerprint density at radius 1 is 1.25 bits per heavy atom. The molecule has 1 aliphatic rings. The van der Waals surface area contributed by atoms with Crippen LogP contribution in [0.5, 0.6) is 0 Å². The second-order valence-electron chi connectivity index (χ2n) is 4.98. The molecule has 0 aliphatic carbocycles. The fourth-order valence-corrected chi connectivity index (χ4v) is 2.25. The molecule has 0 bridgehead atoms. The highest BCUT2D eigenvalue weighted by molar-refractivity contribution is 5.92. The van der Waals surface area contributed by atoms with Gasteiger partial charge in [-0.15, -0.1) is 0 Å². The number of carbonyl (C=O) groups excluding carboxylic acids is 2. The number of amides is 1. The molecule has 0 aromatic heterocycles. The van der Waals surface area contributed by atoms with E-state index in [-0.39, 0.29) is 5.91 Å². The summed E-state index contributed by atoms with van der Waals surface area (Å²) in [5.41, 5.74) is 1.91. The topological polar surface area (TPSA) is 61.4 Å². The van der Waals surface area contributed by atoms with Crippen molar-refractivity contribution in [2.45, 2.75) is 12.8 Å². The lowest BCUT2D eigenvalue weighted by Crippen LogP contribution is -2.46. The lowest BCUT2D eigenvalue weighted by molar-refractivity contribution is -0.117. The average Bonchev–Trinajstić information content (AvgIpc) is 2.47. The summed E-state index contributed by atoms with van der Waals surface area (Å²) in [4.78, 5) is 24.4. The standard InChI is InChI=1S/C15H21N3O2/c19-11-1-2-13-3-5-14(6-4-13)17-15(20)12-18-9-7-16-8-10-18/h3-6,11,16H,1-2,7-10,12H2,(H,17,20). The first kappa shape index (κ1) is 14.7. The Bertz CT molecular complexity index is 439. The SMILES string of the molecule is O=CCCc1ccc(NC(=O)CN2CCNCC2)cc1.